The van der Waals surface area contributed by atoms with Crippen LogP contribution in [0.1, 0.15) is 6.42 Å². The molecule has 0 nitrogen and oxygen atoms in total. The summed E-state index contributed by atoms with van der Waals surface area (Å²) in [5.74, 6) is 0. The smallest absolute Gasteiger partial charge is 0.107 e. The first-order chi connectivity index (χ1) is 3.79. The van der Waals surface area contributed by atoms with Crippen LogP contribution >= 0.6 is 11.6 Å². The van der Waals surface area contributed by atoms with Crippen LogP contribution in [-0.4, -0.2) is 13.2 Å². The van der Waals surface area contributed by atoms with Crippen LogP contribution in [-0.2, 0) is 0 Å². The number of rotatable bonds is 0. The first-order valence-corrected chi connectivity index (χ1v) is 2.99. The normalized spacial score (nSPS) is 27.6. The van der Waals surface area contributed by atoms with Gasteiger partial charge in [-0.15, -0.1) is 17.1 Å². The van der Waals surface area contributed by atoms with Gasteiger partial charge in [0.2, 0.25) is 0 Å². The van der Waals surface area contributed by atoms with Crippen molar-refractivity contribution < 1.29 is 0 Å². The lowest BCUT2D eigenvalue weighted by Crippen LogP contribution is -1.99. The minimum atomic E-state index is 0.111. The molecule has 0 aliphatic heterocycles. The third-order valence-electron chi connectivity index (χ3n) is 1.06. The lowest BCUT2D eigenvalue weighted by molar-refractivity contribution is 1.02. The van der Waals surface area contributed by atoms with Gasteiger partial charge >= 0.3 is 0 Å². The molecule has 0 bridgehead atoms. The molecule has 0 heterocycles. The van der Waals surface area contributed by atoms with E-state index in [0.717, 1.165) is 11.9 Å². The maximum absolute atomic E-state index is 5.70. The highest BCUT2D eigenvalue weighted by atomic mass is 35.5. The lowest BCUT2D eigenvalue weighted by atomic mass is 9.88. The Morgan fingerprint density at radius 2 is 2.50 bits per heavy atom. The monoisotopic (exact) mass is 124 g/mol. The van der Waals surface area contributed by atoms with Crippen LogP contribution in [0.25, 0.3) is 0 Å². The Hall–Kier alpha value is -0.165. The van der Waals surface area contributed by atoms with E-state index in [1.165, 1.54) is 0 Å². The molecule has 1 aliphatic rings. The fourth-order valence-electron chi connectivity index (χ4n) is 0.661. The second kappa shape index (κ2) is 2.41. The zero-order valence-electron chi connectivity index (χ0n) is 4.47. The first-order valence-electron chi connectivity index (χ1n) is 2.56. The molecular weight excluding hydrogens is 118 g/mol. The average molecular weight is 124 g/mol. The molecule has 0 spiro atoms. The van der Waals surface area contributed by atoms with Crippen molar-refractivity contribution in [1.82, 2.24) is 0 Å². The van der Waals surface area contributed by atoms with Crippen molar-refractivity contribution in [3.63, 3.8) is 0 Å². The van der Waals surface area contributed by atoms with Gasteiger partial charge in [0, 0.05) is 0 Å². The summed E-state index contributed by atoms with van der Waals surface area (Å²) < 4.78 is 0. The van der Waals surface area contributed by atoms with E-state index >= 15 is 0 Å². The molecule has 40 valence electrons. The Labute approximate surface area is 55.6 Å². The molecule has 2 radical (unpaired) electrons. The minimum Gasteiger partial charge on any atom is -0.118 e. The third-order valence-corrected chi connectivity index (χ3v) is 1.36. The maximum Gasteiger partial charge on any atom is 0.107 e. The molecule has 0 aromatic rings. The number of hydrogen-bond acceptors (Lipinski definition) is 0. The van der Waals surface area contributed by atoms with Crippen molar-refractivity contribution in [1.29, 1.82) is 0 Å². The molecule has 0 saturated carbocycles. The van der Waals surface area contributed by atoms with Gasteiger partial charge in [0.25, 0.3) is 0 Å². The summed E-state index contributed by atoms with van der Waals surface area (Å²) in [7, 11) is 5.45. The van der Waals surface area contributed by atoms with E-state index < -0.39 is 0 Å². The summed E-state index contributed by atoms with van der Waals surface area (Å²) in [6.45, 7) is 0. The van der Waals surface area contributed by atoms with Crippen LogP contribution in [0.5, 0.6) is 0 Å². The van der Waals surface area contributed by atoms with Crippen LogP contribution in [0.15, 0.2) is 23.7 Å². The van der Waals surface area contributed by atoms with E-state index in [1.54, 1.807) is 0 Å². The van der Waals surface area contributed by atoms with Gasteiger partial charge in [0.15, 0.2) is 0 Å². The van der Waals surface area contributed by atoms with Crippen LogP contribution in [0.3, 0.4) is 0 Å². The van der Waals surface area contributed by atoms with Gasteiger partial charge < -0.3 is 0 Å². The number of allylic oxidation sites excluding steroid dienone is 4. The van der Waals surface area contributed by atoms with Crippen molar-refractivity contribution in [3.05, 3.63) is 23.7 Å². The summed E-state index contributed by atoms with van der Waals surface area (Å²) in [5, 5.41) is 0.111. The SMILES string of the molecule is [B]C1=CC=CC(Cl)C1. The molecule has 0 amide bonds. The van der Waals surface area contributed by atoms with Gasteiger partial charge in [-0.2, -0.15) is 0 Å². The predicted molar refractivity (Wildman–Crippen MR) is 37.2 cm³/mol. The Kier molecular flexibility index (Phi) is 1.79. The molecule has 2 heteroatoms. The minimum absolute atomic E-state index is 0.111. The van der Waals surface area contributed by atoms with Crippen molar-refractivity contribution in [2.24, 2.45) is 0 Å². The van der Waals surface area contributed by atoms with Crippen LogP contribution in [0, 0.1) is 0 Å². The summed E-state index contributed by atoms with van der Waals surface area (Å²) in [5.41, 5.74) is 0.868. The molecule has 1 atom stereocenters. The molecule has 1 unspecified atom stereocenters. The predicted octanol–water partition coefficient (Wildman–Crippen LogP) is 1.61. The molecule has 1 rings (SSSR count). The number of halogens is 1. The van der Waals surface area contributed by atoms with Crippen molar-refractivity contribution in [2.45, 2.75) is 11.8 Å². The van der Waals surface area contributed by atoms with Gasteiger partial charge in [-0.05, 0) is 6.42 Å². The number of alkyl halides is 1. The quantitative estimate of drug-likeness (QED) is 0.340. The van der Waals surface area contributed by atoms with E-state index in [1.807, 2.05) is 18.2 Å². The summed E-state index contributed by atoms with van der Waals surface area (Å²) >= 11 is 5.70. The van der Waals surface area contributed by atoms with Crippen molar-refractivity contribution >= 4 is 19.4 Å². The Morgan fingerprint density at radius 1 is 1.75 bits per heavy atom. The van der Waals surface area contributed by atoms with Gasteiger partial charge in [-0.3, -0.25) is 0 Å². The Balaban J connectivity index is 2.59. The fourth-order valence-corrected chi connectivity index (χ4v) is 0.923. The second-order valence-corrected chi connectivity index (χ2v) is 2.41. The van der Waals surface area contributed by atoms with Crippen molar-refractivity contribution in [2.75, 3.05) is 0 Å². The fraction of sp³-hybridized carbons (Fsp3) is 0.333. The molecule has 8 heavy (non-hydrogen) atoms. The van der Waals surface area contributed by atoms with Crippen molar-refractivity contribution in [3.8, 4) is 0 Å². The zero-order chi connectivity index (χ0) is 5.98. The zero-order valence-corrected chi connectivity index (χ0v) is 5.23. The van der Waals surface area contributed by atoms with E-state index in [2.05, 4.69) is 0 Å². The summed E-state index contributed by atoms with van der Waals surface area (Å²) in [6, 6.07) is 0. The molecule has 0 aromatic heterocycles. The first kappa shape index (κ1) is 5.96. The summed E-state index contributed by atoms with van der Waals surface area (Å²) in [4.78, 5) is 0. The largest absolute Gasteiger partial charge is 0.118 e. The maximum atomic E-state index is 5.70. The van der Waals surface area contributed by atoms with Crippen LogP contribution in [0.4, 0.5) is 0 Å². The van der Waals surface area contributed by atoms with Crippen LogP contribution in [0.2, 0.25) is 0 Å². The van der Waals surface area contributed by atoms with E-state index in [0.29, 0.717) is 0 Å². The lowest BCUT2D eigenvalue weighted by Gasteiger charge is -2.07. The highest BCUT2D eigenvalue weighted by molar-refractivity contribution is 6.25. The molecule has 0 fully saturated rings. The molecule has 0 N–H and O–H groups in total. The highest BCUT2D eigenvalue weighted by Crippen LogP contribution is 2.13. The number of hydrogen-bond donors (Lipinski definition) is 0. The average Bonchev–Trinajstić information content (AvgIpc) is 1.64. The van der Waals surface area contributed by atoms with Crippen LogP contribution < -0.4 is 0 Å². The van der Waals surface area contributed by atoms with E-state index in [-0.39, 0.29) is 5.38 Å². The molecule has 0 aromatic carbocycles. The van der Waals surface area contributed by atoms with E-state index in [9.17, 15) is 0 Å². The molecule has 0 saturated heterocycles. The summed E-state index contributed by atoms with van der Waals surface area (Å²) in [6.07, 6.45) is 6.48. The van der Waals surface area contributed by atoms with Gasteiger partial charge in [-0.25, -0.2) is 0 Å². The Bertz CT molecular complexity index is 137. The topological polar surface area (TPSA) is 0 Å². The standard InChI is InChI=1S/C6H6BCl/c7-5-2-1-3-6(8)4-5/h1-3,6H,4H2. The third kappa shape index (κ3) is 1.41. The second-order valence-electron chi connectivity index (χ2n) is 1.85. The van der Waals surface area contributed by atoms with Gasteiger partial charge in [-0.1, -0.05) is 18.2 Å². The Morgan fingerprint density at radius 3 is 2.88 bits per heavy atom. The van der Waals surface area contributed by atoms with Gasteiger partial charge in [0.1, 0.15) is 7.85 Å². The van der Waals surface area contributed by atoms with E-state index in [4.69, 9.17) is 19.4 Å². The molecular formula is C6H6BCl. The van der Waals surface area contributed by atoms with Gasteiger partial charge in [0.05, 0.1) is 5.38 Å². The highest BCUT2D eigenvalue weighted by Gasteiger charge is 2.01. The molecule has 1 aliphatic carbocycles.